The zero-order chi connectivity index (χ0) is 15.9. The lowest BCUT2D eigenvalue weighted by Crippen LogP contribution is -2.45. The van der Waals surface area contributed by atoms with Crippen LogP contribution in [0.25, 0.3) is 6.08 Å². The van der Waals surface area contributed by atoms with Gasteiger partial charge in [0.15, 0.2) is 0 Å². The quantitative estimate of drug-likeness (QED) is 0.846. The van der Waals surface area contributed by atoms with Gasteiger partial charge in [0.1, 0.15) is 6.54 Å². The largest absolute Gasteiger partial charge is 0.480 e. The molecule has 118 valence electrons. The minimum absolute atomic E-state index is 0.0694. The van der Waals surface area contributed by atoms with Gasteiger partial charge in [0, 0.05) is 25.3 Å². The third-order valence-corrected chi connectivity index (χ3v) is 3.72. The summed E-state index contributed by atoms with van der Waals surface area (Å²) in [6.45, 7) is 2.85. The summed E-state index contributed by atoms with van der Waals surface area (Å²) in [6, 6.07) is 7.72. The number of rotatable bonds is 5. The molecular formula is C17H21NO4. The minimum Gasteiger partial charge on any atom is -0.480 e. The maximum absolute atomic E-state index is 12.4. The molecule has 1 amide bonds. The zero-order valence-electron chi connectivity index (χ0n) is 12.7. The second-order valence-corrected chi connectivity index (χ2v) is 5.45. The molecule has 0 spiro atoms. The Labute approximate surface area is 130 Å². The van der Waals surface area contributed by atoms with Crippen molar-refractivity contribution >= 4 is 18.0 Å². The van der Waals surface area contributed by atoms with Gasteiger partial charge in [-0.1, -0.05) is 29.8 Å². The molecule has 1 aliphatic heterocycles. The maximum atomic E-state index is 12.4. The molecule has 0 radical (unpaired) electrons. The molecular weight excluding hydrogens is 282 g/mol. The Morgan fingerprint density at radius 1 is 1.27 bits per heavy atom. The van der Waals surface area contributed by atoms with Crippen LogP contribution < -0.4 is 0 Å². The van der Waals surface area contributed by atoms with Crippen molar-refractivity contribution in [2.24, 2.45) is 0 Å². The fraction of sp³-hybridized carbons (Fsp3) is 0.412. The van der Waals surface area contributed by atoms with E-state index in [1.54, 1.807) is 6.08 Å². The van der Waals surface area contributed by atoms with Crippen LogP contribution in [0, 0.1) is 6.92 Å². The lowest BCUT2D eigenvalue weighted by molar-refractivity contribution is -0.145. The Morgan fingerprint density at radius 2 is 1.91 bits per heavy atom. The number of aliphatic carboxylic acids is 1. The van der Waals surface area contributed by atoms with E-state index >= 15 is 0 Å². The smallest absolute Gasteiger partial charge is 0.323 e. The van der Waals surface area contributed by atoms with Gasteiger partial charge in [0.25, 0.3) is 0 Å². The highest BCUT2D eigenvalue weighted by atomic mass is 16.5. The van der Waals surface area contributed by atoms with Crippen LogP contribution >= 0.6 is 0 Å². The van der Waals surface area contributed by atoms with Crippen LogP contribution in [0.3, 0.4) is 0 Å². The highest BCUT2D eigenvalue weighted by Gasteiger charge is 2.26. The number of hydrogen-bond acceptors (Lipinski definition) is 3. The number of amides is 1. The Balaban J connectivity index is 2.07. The van der Waals surface area contributed by atoms with E-state index in [1.807, 2.05) is 31.2 Å². The minimum atomic E-state index is -0.997. The topological polar surface area (TPSA) is 66.8 Å². The van der Waals surface area contributed by atoms with Crippen LogP contribution in [-0.2, 0) is 14.3 Å². The third-order valence-electron chi connectivity index (χ3n) is 3.72. The summed E-state index contributed by atoms with van der Waals surface area (Å²) >= 11 is 0. The summed E-state index contributed by atoms with van der Waals surface area (Å²) in [5.41, 5.74) is 2.07. The number of carbonyl (C=O) groups excluding carboxylic acids is 1. The van der Waals surface area contributed by atoms with Crippen molar-refractivity contribution in [3.8, 4) is 0 Å². The standard InChI is InChI=1S/C17H21NO4/c1-13-2-4-14(5-3-13)6-7-16(19)18(12-17(20)21)15-8-10-22-11-9-15/h2-7,15H,8-12H2,1H3,(H,20,21). The summed E-state index contributed by atoms with van der Waals surface area (Å²) < 4.78 is 5.27. The lowest BCUT2D eigenvalue weighted by atomic mass is 10.1. The molecule has 1 saturated heterocycles. The van der Waals surface area contributed by atoms with Crippen molar-refractivity contribution in [3.63, 3.8) is 0 Å². The van der Waals surface area contributed by atoms with E-state index < -0.39 is 5.97 Å². The van der Waals surface area contributed by atoms with E-state index in [2.05, 4.69) is 0 Å². The third kappa shape index (κ3) is 4.70. The molecule has 5 nitrogen and oxygen atoms in total. The van der Waals surface area contributed by atoms with Crippen molar-refractivity contribution in [2.75, 3.05) is 19.8 Å². The molecule has 0 atom stereocenters. The molecule has 0 aromatic heterocycles. The molecule has 1 aliphatic rings. The van der Waals surface area contributed by atoms with Gasteiger partial charge >= 0.3 is 5.97 Å². The van der Waals surface area contributed by atoms with E-state index in [9.17, 15) is 9.59 Å². The fourth-order valence-corrected chi connectivity index (χ4v) is 2.47. The van der Waals surface area contributed by atoms with Gasteiger partial charge in [0.05, 0.1) is 0 Å². The number of carboxylic acid groups (broad SMARTS) is 1. The van der Waals surface area contributed by atoms with Crippen molar-refractivity contribution in [2.45, 2.75) is 25.8 Å². The maximum Gasteiger partial charge on any atom is 0.323 e. The molecule has 1 fully saturated rings. The van der Waals surface area contributed by atoms with Crippen LogP contribution in [0.1, 0.15) is 24.0 Å². The second kappa shape index (κ2) is 7.75. The van der Waals surface area contributed by atoms with Gasteiger partial charge in [-0.2, -0.15) is 0 Å². The normalized spacial score (nSPS) is 15.9. The Hall–Kier alpha value is -2.14. The predicted molar refractivity (Wildman–Crippen MR) is 83.4 cm³/mol. The highest BCUT2D eigenvalue weighted by Crippen LogP contribution is 2.15. The number of aryl methyl sites for hydroxylation is 1. The fourth-order valence-electron chi connectivity index (χ4n) is 2.47. The van der Waals surface area contributed by atoms with Gasteiger partial charge < -0.3 is 14.7 Å². The van der Waals surface area contributed by atoms with Gasteiger partial charge in [0.2, 0.25) is 5.91 Å². The number of carboxylic acids is 1. The molecule has 2 rings (SSSR count). The van der Waals surface area contributed by atoms with E-state index in [0.717, 1.165) is 11.1 Å². The number of benzene rings is 1. The Kier molecular flexibility index (Phi) is 5.72. The molecule has 0 unspecified atom stereocenters. The summed E-state index contributed by atoms with van der Waals surface area (Å²) in [5.74, 6) is -1.27. The molecule has 1 heterocycles. The molecule has 0 saturated carbocycles. The first kappa shape index (κ1) is 16.2. The summed E-state index contributed by atoms with van der Waals surface area (Å²) in [7, 11) is 0. The van der Waals surface area contributed by atoms with Crippen molar-refractivity contribution < 1.29 is 19.4 Å². The summed E-state index contributed by atoms with van der Waals surface area (Å²) in [4.78, 5) is 24.8. The Bertz CT molecular complexity index is 544. The monoisotopic (exact) mass is 303 g/mol. The summed E-state index contributed by atoms with van der Waals surface area (Å²) in [5, 5.41) is 9.03. The van der Waals surface area contributed by atoms with Gasteiger partial charge in [-0.3, -0.25) is 9.59 Å². The van der Waals surface area contributed by atoms with Crippen LogP contribution in [0.5, 0.6) is 0 Å². The van der Waals surface area contributed by atoms with Crippen LogP contribution in [0.4, 0.5) is 0 Å². The second-order valence-electron chi connectivity index (χ2n) is 5.45. The zero-order valence-corrected chi connectivity index (χ0v) is 12.7. The molecule has 5 heteroatoms. The average Bonchev–Trinajstić information content (AvgIpc) is 2.52. The van der Waals surface area contributed by atoms with Crippen molar-refractivity contribution in [1.82, 2.24) is 4.90 Å². The Morgan fingerprint density at radius 3 is 2.50 bits per heavy atom. The van der Waals surface area contributed by atoms with Crippen LogP contribution in [0.2, 0.25) is 0 Å². The van der Waals surface area contributed by atoms with Gasteiger partial charge in [-0.05, 0) is 31.4 Å². The number of hydrogen-bond donors (Lipinski definition) is 1. The lowest BCUT2D eigenvalue weighted by Gasteiger charge is -2.32. The van der Waals surface area contributed by atoms with Crippen molar-refractivity contribution in [3.05, 3.63) is 41.5 Å². The average molecular weight is 303 g/mol. The first-order valence-corrected chi connectivity index (χ1v) is 7.41. The summed E-state index contributed by atoms with van der Waals surface area (Å²) in [6.07, 6.45) is 4.52. The molecule has 1 aromatic rings. The number of carbonyl (C=O) groups is 2. The van der Waals surface area contributed by atoms with E-state index in [4.69, 9.17) is 9.84 Å². The molecule has 1 N–H and O–H groups in total. The molecule has 0 aliphatic carbocycles. The first-order chi connectivity index (χ1) is 10.6. The molecule has 22 heavy (non-hydrogen) atoms. The van der Waals surface area contributed by atoms with Crippen LogP contribution in [0.15, 0.2) is 30.3 Å². The number of nitrogens with zero attached hydrogens (tertiary/aromatic N) is 1. The highest BCUT2D eigenvalue weighted by molar-refractivity contribution is 5.93. The van der Waals surface area contributed by atoms with E-state index in [-0.39, 0.29) is 18.5 Å². The molecule has 1 aromatic carbocycles. The predicted octanol–water partition coefficient (Wildman–Crippen LogP) is 2.10. The number of ether oxygens (including phenoxy) is 1. The van der Waals surface area contributed by atoms with Crippen LogP contribution in [-0.4, -0.2) is 47.7 Å². The SMILES string of the molecule is Cc1ccc(C=CC(=O)N(CC(=O)O)C2CCOCC2)cc1. The molecule has 0 bridgehead atoms. The van der Waals surface area contributed by atoms with E-state index in [1.165, 1.54) is 11.0 Å². The van der Waals surface area contributed by atoms with E-state index in [0.29, 0.717) is 26.1 Å². The van der Waals surface area contributed by atoms with Crippen molar-refractivity contribution in [1.29, 1.82) is 0 Å². The van der Waals surface area contributed by atoms with Gasteiger partial charge in [-0.15, -0.1) is 0 Å². The van der Waals surface area contributed by atoms with Gasteiger partial charge in [-0.25, -0.2) is 0 Å². The first-order valence-electron chi connectivity index (χ1n) is 7.41.